The number of hydrogen-bond acceptors (Lipinski definition) is 9. The minimum Gasteiger partial charge on any atom is -0.543 e. The number of aliphatic hydroxyl groups excluding tert-OH is 1. The Morgan fingerprint density at radius 3 is 2.62 bits per heavy atom. The quantitative estimate of drug-likeness (QED) is 0.336. The molecule has 2 amide bonds. The van der Waals surface area contributed by atoms with Crippen molar-refractivity contribution in [2.45, 2.75) is 31.2 Å². The standard InChI is InChI=1S/C17H20N4O6S.Na/c1-6-11-10(7(2)22)15(24)21(11)12(16(25)26)13(6)28-8-3-20(4-8)17-19-9(5-27-17)14(18)23;/h5-8,10-11,22H,3-4H2,1-2H3,(H2,18,23)(H,25,26);/q;+1/p-1/t6-,7-,10-,11-;/m1./s1. The second-order valence-corrected chi connectivity index (χ2v) is 8.62. The van der Waals surface area contributed by atoms with Crippen LogP contribution in [0.15, 0.2) is 21.3 Å². The number of thioether (sulfide) groups is 1. The number of carboxylic acids is 1. The minimum atomic E-state index is -1.38. The zero-order valence-corrected chi connectivity index (χ0v) is 19.0. The maximum atomic E-state index is 12.3. The van der Waals surface area contributed by atoms with Gasteiger partial charge in [-0.3, -0.25) is 9.59 Å². The molecule has 3 N–H and O–H groups in total. The van der Waals surface area contributed by atoms with Crippen molar-refractivity contribution in [2.24, 2.45) is 17.6 Å². The third kappa shape index (κ3) is 3.48. The molecule has 4 atom stereocenters. The van der Waals surface area contributed by atoms with Gasteiger partial charge in [0.05, 0.1) is 29.7 Å². The van der Waals surface area contributed by atoms with Gasteiger partial charge in [0, 0.05) is 29.2 Å². The largest absolute Gasteiger partial charge is 1.00 e. The summed E-state index contributed by atoms with van der Waals surface area (Å²) >= 11 is 1.39. The molecular formula is C17H19N4NaO6S. The van der Waals surface area contributed by atoms with Crippen molar-refractivity contribution in [3.05, 3.63) is 22.6 Å². The maximum absolute atomic E-state index is 12.3. The molecule has 1 aromatic heterocycles. The average molecular weight is 430 g/mol. The van der Waals surface area contributed by atoms with Gasteiger partial charge in [-0.05, 0) is 6.92 Å². The van der Waals surface area contributed by atoms with E-state index in [-0.39, 0.29) is 70.1 Å². The van der Waals surface area contributed by atoms with Crippen LogP contribution >= 0.6 is 11.8 Å². The van der Waals surface area contributed by atoms with Crippen LogP contribution in [-0.4, -0.2) is 63.3 Å². The summed E-state index contributed by atoms with van der Waals surface area (Å²) < 4.78 is 5.24. The Morgan fingerprint density at radius 1 is 1.45 bits per heavy atom. The van der Waals surface area contributed by atoms with Crippen LogP contribution in [0.2, 0.25) is 0 Å². The van der Waals surface area contributed by atoms with E-state index in [2.05, 4.69) is 4.98 Å². The fourth-order valence-corrected chi connectivity index (χ4v) is 5.56. The van der Waals surface area contributed by atoms with E-state index in [1.54, 1.807) is 0 Å². The first kappa shape index (κ1) is 22.2. The average Bonchev–Trinajstić information content (AvgIpc) is 3.13. The van der Waals surface area contributed by atoms with E-state index in [0.717, 1.165) is 0 Å². The Balaban J connectivity index is 0.00000240. The number of carbonyl (C=O) groups is 3. The van der Waals surface area contributed by atoms with Gasteiger partial charge in [0.2, 0.25) is 5.91 Å². The molecule has 0 unspecified atom stereocenters. The number of nitrogens with zero attached hydrogens (tertiary/aromatic N) is 3. The van der Waals surface area contributed by atoms with Gasteiger partial charge in [-0.15, -0.1) is 11.8 Å². The number of aliphatic hydroxyl groups is 1. The zero-order chi connectivity index (χ0) is 20.3. The number of aromatic nitrogens is 1. The number of aliphatic carboxylic acids is 1. The fraction of sp³-hybridized carbons (Fsp3) is 0.529. The first-order chi connectivity index (χ1) is 13.2. The monoisotopic (exact) mass is 430 g/mol. The van der Waals surface area contributed by atoms with E-state index >= 15 is 0 Å². The SMILES string of the molecule is C[C@@H](O)[C@H]1C(=O)N2C(C(=O)[O-])=C(SC3CN(c4nc(C(N)=O)co4)C3)[C@H](C)[C@H]12.[Na+]. The molecule has 1 aromatic rings. The summed E-state index contributed by atoms with van der Waals surface area (Å²) in [6.45, 7) is 4.48. The number of primary amides is 1. The summed E-state index contributed by atoms with van der Waals surface area (Å²) in [5, 5.41) is 21.6. The number of β-lactam (4-membered cyclic amide) rings is 1. The third-order valence-corrected chi connectivity index (χ3v) is 6.91. The van der Waals surface area contributed by atoms with Gasteiger partial charge < -0.3 is 35.0 Å². The van der Waals surface area contributed by atoms with Crippen molar-refractivity contribution in [1.29, 1.82) is 0 Å². The first-order valence-electron chi connectivity index (χ1n) is 8.84. The van der Waals surface area contributed by atoms with Crippen molar-refractivity contribution in [3.63, 3.8) is 0 Å². The molecular weight excluding hydrogens is 411 g/mol. The van der Waals surface area contributed by atoms with Gasteiger partial charge in [-0.1, -0.05) is 6.92 Å². The normalized spacial score (nSPS) is 27.1. The molecule has 12 heteroatoms. The van der Waals surface area contributed by atoms with Crippen LogP contribution < -0.4 is 45.3 Å². The Bertz CT molecular complexity index is 896. The molecule has 2 fully saturated rings. The van der Waals surface area contributed by atoms with Crippen molar-refractivity contribution in [3.8, 4) is 0 Å². The second-order valence-electron chi connectivity index (χ2n) is 7.28. The van der Waals surface area contributed by atoms with Crippen molar-refractivity contribution < 1.29 is 58.6 Å². The topological polar surface area (TPSA) is 153 Å². The number of carbonyl (C=O) groups excluding carboxylic acids is 3. The van der Waals surface area contributed by atoms with E-state index in [0.29, 0.717) is 18.0 Å². The number of hydrogen-bond donors (Lipinski definition) is 2. The van der Waals surface area contributed by atoms with Gasteiger partial charge in [-0.25, -0.2) is 0 Å². The molecule has 3 aliphatic rings. The number of fused-ring (bicyclic) bond motifs is 1. The summed E-state index contributed by atoms with van der Waals surface area (Å²) in [6.07, 6.45) is 0.355. The zero-order valence-electron chi connectivity index (χ0n) is 16.2. The summed E-state index contributed by atoms with van der Waals surface area (Å²) in [5.41, 5.74) is 5.11. The predicted molar refractivity (Wildman–Crippen MR) is 95.6 cm³/mol. The minimum absolute atomic E-state index is 0. The van der Waals surface area contributed by atoms with Gasteiger partial charge in [-0.2, -0.15) is 4.98 Å². The number of anilines is 1. The maximum Gasteiger partial charge on any atom is 1.00 e. The molecule has 0 radical (unpaired) electrons. The van der Waals surface area contributed by atoms with Gasteiger partial charge in [0.15, 0.2) is 5.69 Å². The Hall–Kier alpha value is -1.53. The van der Waals surface area contributed by atoms with Crippen molar-refractivity contribution >= 4 is 35.6 Å². The number of amides is 2. The van der Waals surface area contributed by atoms with E-state index < -0.39 is 23.9 Å². The number of rotatable bonds is 6. The molecule has 150 valence electrons. The Labute approximate surface area is 192 Å². The summed E-state index contributed by atoms with van der Waals surface area (Å²) in [6, 6.07) is -0.0728. The van der Waals surface area contributed by atoms with Crippen LogP contribution in [-0.2, 0) is 9.59 Å². The fourth-order valence-electron chi connectivity index (χ4n) is 4.04. The third-order valence-electron chi connectivity index (χ3n) is 5.46. The molecule has 0 aromatic carbocycles. The Kier molecular flexibility index (Phi) is 6.08. The smallest absolute Gasteiger partial charge is 0.543 e. The number of carboxylic acid groups (broad SMARTS) is 1. The van der Waals surface area contributed by atoms with Gasteiger partial charge in [0.25, 0.3) is 11.9 Å². The van der Waals surface area contributed by atoms with E-state index in [9.17, 15) is 24.6 Å². The van der Waals surface area contributed by atoms with Gasteiger partial charge >= 0.3 is 29.6 Å². The Morgan fingerprint density at radius 2 is 2.10 bits per heavy atom. The van der Waals surface area contributed by atoms with E-state index in [1.165, 1.54) is 29.8 Å². The first-order valence-corrected chi connectivity index (χ1v) is 9.72. The summed E-state index contributed by atoms with van der Waals surface area (Å²) in [4.78, 5) is 42.8. The van der Waals surface area contributed by atoms with Crippen LogP contribution in [0, 0.1) is 11.8 Å². The molecule has 3 aliphatic heterocycles. The van der Waals surface area contributed by atoms with Crippen LogP contribution in [0.3, 0.4) is 0 Å². The van der Waals surface area contributed by atoms with Crippen molar-refractivity contribution in [1.82, 2.24) is 9.88 Å². The molecule has 0 saturated carbocycles. The van der Waals surface area contributed by atoms with E-state index in [4.69, 9.17) is 10.2 Å². The predicted octanol–water partition coefficient (Wildman–Crippen LogP) is -4.48. The van der Waals surface area contributed by atoms with Crippen LogP contribution in [0.25, 0.3) is 0 Å². The van der Waals surface area contributed by atoms with E-state index in [1.807, 2.05) is 11.8 Å². The van der Waals surface area contributed by atoms with Crippen LogP contribution in [0.5, 0.6) is 0 Å². The summed E-state index contributed by atoms with van der Waals surface area (Å²) in [5.74, 6) is -3.24. The van der Waals surface area contributed by atoms with Crippen LogP contribution in [0.1, 0.15) is 24.3 Å². The molecule has 29 heavy (non-hydrogen) atoms. The molecule has 10 nitrogen and oxygen atoms in total. The molecule has 0 aliphatic carbocycles. The number of nitrogens with two attached hydrogens (primary N) is 1. The second kappa shape index (κ2) is 7.95. The number of oxazole rings is 1. The molecule has 2 saturated heterocycles. The molecule has 0 bridgehead atoms. The summed E-state index contributed by atoms with van der Waals surface area (Å²) in [7, 11) is 0. The van der Waals surface area contributed by atoms with Gasteiger partial charge in [0.1, 0.15) is 6.26 Å². The molecule has 4 rings (SSSR count). The molecule has 4 heterocycles. The van der Waals surface area contributed by atoms with Crippen molar-refractivity contribution in [2.75, 3.05) is 18.0 Å². The van der Waals surface area contributed by atoms with Crippen LogP contribution in [0.4, 0.5) is 6.01 Å². The molecule has 0 spiro atoms.